The maximum Gasteiger partial charge on any atom is 0.253 e. The SMILES string of the molecule is Cc1cc(C(=O)N2CCC(O)CC2)cc(C)c1/C=C/SN1CCC2(CC1)N=C(c1cccc(CC#N)c1)NC2=O. The quantitative estimate of drug-likeness (QED) is 0.520. The van der Waals surface area contributed by atoms with Crippen LogP contribution in [0.2, 0.25) is 0 Å². The van der Waals surface area contributed by atoms with Crippen molar-refractivity contribution in [3.63, 3.8) is 0 Å². The molecular formula is C31H35N5O3S. The van der Waals surface area contributed by atoms with Crippen LogP contribution in [0.15, 0.2) is 46.8 Å². The molecule has 40 heavy (non-hydrogen) atoms. The Kier molecular flexibility index (Phi) is 8.40. The van der Waals surface area contributed by atoms with E-state index < -0.39 is 5.54 Å². The molecule has 0 aromatic heterocycles. The van der Waals surface area contributed by atoms with Crippen LogP contribution in [-0.4, -0.2) is 69.8 Å². The lowest BCUT2D eigenvalue weighted by molar-refractivity contribution is -0.124. The van der Waals surface area contributed by atoms with Gasteiger partial charge in [-0.1, -0.05) is 30.1 Å². The zero-order valence-electron chi connectivity index (χ0n) is 23.0. The van der Waals surface area contributed by atoms with Gasteiger partial charge in [-0.25, -0.2) is 4.31 Å². The Morgan fingerprint density at radius 3 is 2.55 bits per heavy atom. The number of aliphatic imine (C=N–C) groups is 1. The van der Waals surface area contributed by atoms with Crippen LogP contribution in [0, 0.1) is 25.2 Å². The largest absolute Gasteiger partial charge is 0.393 e. The van der Waals surface area contributed by atoms with E-state index in [2.05, 4.69) is 27.2 Å². The summed E-state index contributed by atoms with van der Waals surface area (Å²) in [6.07, 6.45) is 4.67. The molecule has 8 nitrogen and oxygen atoms in total. The van der Waals surface area contributed by atoms with Crippen molar-refractivity contribution < 1.29 is 14.7 Å². The third-order valence-electron chi connectivity index (χ3n) is 8.05. The second-order valence-corrected chi connectivity index (χ2v) is 11.9. The molecule has 0 atom stereocenters. The number of carbonyl (C=O) groups is 2. The minimum absolute atomic E-state index is 0.0295. The fraction of sp³-hybridized carbons (Fsp3) is 0.419. The van der Waals surface area contributed by atoms with E-state index in [1.807, 2.05) is 55.1 Å². The van der Waals surface area contributed by atoms with Crippen LogP contribution >= 0.6 is 11.9 Å². The Hall–Kier alpha value is -3.45. The lowest BCUT2D eigenvalue weighted by atomic mass is 9.89. The number of nitriles is 1. The van der Waals surface area contributed by atoms with Crippen molar-refractivity contribution >= 4 is 35.7 Å². The molecule has 2 aromatic rings. The van der Waals surface area contributed by atoms with Crippen LogP contribution in [0.1, 0.15) is 63.9 Å². The number of nitrogens with zero attached hydrogens (tertiary/aromatic N) is 4. The smallest absolute Gasteiger partial charge is 0.253 e. The number of aliphatic hydroxyl groups is 1. The molecule has 2 amide bonds. The van der Waals surface area contributed by atoms with E-state index in [4.69, 9.17) is 10.3 Å². The highest BCUT2D eigenvalue weighted by molar-refractivity contribution is 8.00. The molecule has 9 heteroatoms. The molecule has 0 bridgehead atoms. The van der Waals surface area contributed by atoms with E-state index in [1.165, 1.54) is 0 Å². The van der Waals surface area contributed by atoms with Gasteiger partial charge < -0.3 is 15.3 Å². The van der Waals surface area contributed by atoms with Gasteiger partial charge in [0.25, 0.3) is 11.8 Å². The van der Waals surface area contributed by atoms with Gasteiger partial charge in [0.2, 0.25) is 0 Å². The van der Waals surface area contributed by atoms with Gasteiger partial charge in [-0.15, -0.1) is 0 Å². The summed E-state index contributed by atoms with van der Waals surface area (Å²) in [5, 5.41) is 23.8. The molecule has 2 fully saturated rings. The molecule has 0 saturated carbocycles. The topological polar surface area (TPSA) is 109 Å². The number of hydrogen-bond donors (Lipinski definition) is 2. The second-order valence-electron chi connectivity index (χ2n) is 10.9. The van der Waals surface area contributed by atoms with E-state index in [0.29, 0.717) is 56.6 Å². The van der Waals surface area contributed by atoms with Crippen LogP contribution in [0.25, 0.3) is 6.08 Å². The summed E-state index contributed by atoms with van der Waals surface area (Å²) >= 11 is 1.63. The molecule has 3 heterocycles. The number of rotatable bonds is 6. The first-order chi connectivity index (χ1) is 19.3. The summed E-state index contributed by atoms with van der Waals surface area (Å²) in [6.45, 7) is 6.73. The normalized spacial score (nSPS) is 19.6. The van der Waals surface area contributed by atoms with Crippen molar-refractivity contribution in [3.05, 3.63) is 75.2 Å². The van der Waals surface area contributed by atoms with Gasteiger partial charge in [-0.2, -0.15) is 5.26 Å². The van der Waals surface area contributed by atoms with Crippen LogP contribution < -0.4 is 5.32 Å². The molecule has 0 radical (unpaired) electrons. The maximum atomic E-state index is 13.0. The van der Waals surface area contributed by atoms with E-state index in [-0.39, 0.29) is 17.9 Å². The fourth-order valence-corrected chi connectivity index (χ4v) is 6.43. The standard InChI is InChI=1S/C31H35N5O3S/c1-21-18-25(29(38)35-13-7-26(37)8-14-35)19-22(2)27(21)9-17-40-36-15-10-31(11-16-36)30(39)33-28(34-31)24-5-3-4-23(20-24)6-12-32/h3-5,9,17-20,26,37H,6-8,10-11,13-16H2,1-2H3,(H,33,34,39)/b17-9+. The first-order valence-electron chi connectivity index (χ1n) is 13.8. The first-order valence-corrected chi connectivity index (χ1v) is 14.7. The van der Waals surface area contributed by atoms with E-state index in [9.17, 15) is 14.7 Å². The molecule has 0 aliphatic carbocycles. The van der Waals surface area contributed by atoms with Crippen LogP contribution in [0.3, 0.4) is 0 Å². The van der Waals surface area contributed by atoms with Crippen LogP contribution in [0.5, 0.6) is 0 Å². The Bertz CT molecular complexity index is 1370. The van der Waals surface area contributed by atoms with Gasteiger partial charge >= 0.3 is 0 Å². The Morgan fingerprint density at radius 1 is 1.18 bits per heavy atom. The summed E-state index contributed by atoms with van der Waals surface area (Å²) in [5.41, 5.74) is 4.93. The highest BCUT2D eigenvalue weighted by Crippen LogP contribution is 2.34. The average Bonchev–Trinajstić information content (AvgIpc) is 3.27. The minimum Gasteiger partial charge on any atom is -0.393 e. The molecule has 1 spiro atoms. The van der Waals surface area contributed by atoms with Crippen molar-refractivity contribution in [2.24, 2.45) is 4.99 Å². The number of nitrogens with one attached hydrogen (secondary N) is 1. The molecular weight excluding hydrogens is 522 g/mol. The van der Waals surface area contributed by atoms with Crippen LogP contribution in [-0.2, 0) is 11.2 Å². The van der Waals surface area contributed by atoms with Gasteiger partial charge in [0.1, 0.15) is 11.4 Å². The summed E-state index contributed by atoms with van der Waals surface area (Å²) in [7, 11) is 0. The third kappa shape index (κ3) is 5.99. The summed E-state index contributed by atoms with van der Waals surface area (Å²) in [6, 6.07) is 13.7. The molecule has 208 valence electrons. The molecule has 5 rings (SSSR count). The second kappa shape index (κ2) is 12.0. The molecule has 0 unspecified atom stereocenters. The van der Waals surface area contributed by atoms with Gasteiger partial charge in [0.05, 0.1) is 18.6 Å². The van der Waals surface area contributed by atoms with Crippen molar-refractivity contribution in [1.82, 2.24) is 14.5 Å². The summed E-state index contributed by atoms with van der Waals surface area (Å²) in [5.74, 6) is 0.577. The third-order valence-corrected chi connectivity index (χ3v) is 8.97. The van der Waals surface area contributed by atoms with Gasteiger partial charge in [0, 0.05) is 37.3 Å². The van der Waals surface area contributed by atoms with E-state index in [0.717, 1.165) is 40.9 Å². The predicted octanol–water partition coefficient (Wildman–Crippen LogP) is 4.00. The van der Waals surface area contributed by atoms with Gasteiger partial charge in [-0.3, -0.25) is 14.6 Å². The number of amides is 2. The monoisotopic (exact) mass is 557 g/mol. The number of benzene rings is 2. The number of carbonyl (C=O) groups excluding carboxylic acids is 2. The number of aliphatic hydroxyl groups excluding tert-OH is 1. The number of piperidine rings is 2. The van der Waals surface area contributed by atoms with Gasteiger partial charge in [0.15, 0.2) is 0 Å². The summed E-state index contributed by atoms with van der Waals surface area (Å²) in [4.78, 5) is 32.6. The van der Waals surface area contributed by atoms with Gasteiger partial charge in [-0.05, 0) is 91.5 Å². The molecule has 3 aliphatic rings. The van der Waals surface area contributed by atoms with Crippen molar-refractivity contribution in [2.75, 3.05) is 26.2 Å². The maximum absolute atomic E-state index is 13.0. The molecule has 2 N–H and O–H groups in total. The first kappa shape index (κ1) is 28.1. The lowest BCUT2D eigenvalue weighted by Crippen LogP contribution is -2.47. The van der Waals surface area contributed by atoms with Crippen LogP contribution in [0.4, 0.5) is 0 Å². The fourth-order valence-electron chi connectivity index (χ4n) is 5.67. The van der Waals surface area contributed by atoms with E-state index >= 15 is 0 Å². The van der Waals surface area contributed by atoms with Crippen molar-refractivity contribution in [1.29, 1.82) is 5.26 Å². The predicted molar refractivity (Wildman–Crippen MR) is 158 cm³/mol. The number of likely N-dealkylation sites (tertiary alicyclic amines) is 1. The summed E-state index contributed by atoms with van der Waals surface area (Å²) < 4.78 is 2.25. The molecule has 2 saturated heterocycles. The molecule has 3 aliphatic heterocycles. The average molecular weight is 558 g/mol. The van der Waals surface area contributed by atoms with Crippen molar-refractivity contribution in [2.45, 2.75) is 57.6 Å². The minimum atomic E-state index is -0.733. The number of aryl methyl sites for hydroxylation is 2. The zero-order valence-corrected chi connectivity index (χ0v) is 23.8. The Balaban J connectivity index is 1.18. The Labute approximate surface area is 239 Å². The zero-order chi connectivity index (χ0) is 28.3. The number of hydrogen-bond acceptors (Lipinski definition) is 7. The lowest BCUT2D eigenvalue weighted by Gasteiger charge is -2.34. The number of amidine groups is 1. The van der Waals surface area contributed by atoms with E-state index in [1.54, 1.807) is 11.9 Å². The van der Waals surface area contributed by atoms with Crippen molar-refractivity contribution in [3.8, 4) is 6.07 Å². The highest BCUT2D eigenvalue weighted by Gasteiger charge is 2.46. The highest BCUT2D eigenvalue weighted by atomic mass is 32.2. The Morgan fingerprint density at radius 2 is 1.88 bits per heavy atom. The molecule has 2 aromatic carbocycles.